The van der Waals surface area contributed by atoms with Gasteiger partial charge in [-0.15, -0.1) is 0 Å². The van der Waals surface area contributed by atoms with E-state index in [1.54, 1.807) is 0 Å². The third-order valence-corrected chi connectivity index (χ3v) is 4.71. The molecule has 0 saturated carbocycles. The van der Waals surface area contributed by atoms with Gasteiger partial charge in [-0.2, -0.15) is 0 Å². The van der Waals surface area contributed by atoms with Crippen molar-refractivity contribution < 1.29 is 14.3 Å². The molecule has 0 spiro atoms. The lowest BCUT2D eigenvalue weighted by Crippen LogP contribution is -2.42. The molecule has 0 aromatic heterocycles. The molecule has 0 N–H and O–H groups in total. The minimum Gasteiger partial charge on any atom is -0.493 e. The summed E-state index contributed by atoms with van der Waals surface area (Å²) in [6, 6.07) is 16.2. The molecule has 4 nitrogen and oxygen atoms in total. The van der Waals surface area contributed by atoms with Gasteiger partial charge in [0, 0.05) is 13.0 Å². The van der Waals surface area contributed by atoms with E-state index in [-0.39, 0.29) is 12.0 Å². The van der Waals surface area contributed by atoms with E-state index in [0.717, 1.165) is 29.9 Å². The molecule has 0 aliphatic carbocycles. The molecule has 1 fully saturated rings. The van der Waals surface area contributed by atoms with Crippen LogP contribution in [-0.2, 0) is 22.4 Å². The van der Waals surface area contributed by atoms with Crippen LogP contribution in [-0.4, -0.2) is 37.1 Å². The van der Waals surface area contributed by atoms with Crippen LogP contribution >= 0.6 is 0 Å². The predicted octanol–water partition coefficient (Wildman–Crippen LogP) is 2.76. The van der Waals surface area contributed by atoms with E-state index >= 15 is 0 Å². The van der Waals surface area contributed by atoms with Gasteiger partial charge in [0.1, 0.15) is 11.9 Å². The quantitative estimate of drug-likeness (QED) is 0.872. The molecule has 4 heteroatoms. The number of benzene rings is 2. The maximum absolute atomic E-state index is 12.7. The number of nitrogens with zero attached hydrogens (tertiary/aromatic N) is 1. The molecule has 2 aromatic carbocycles. The number of hydrogen-bond donors (Lipinski definition) is 0. The minimum atomic E-state index is -0.0350. The van der Waals surface area contributed by atoms with E-state index in [0.29, 0.717) is 26.1 Å². The van der Waals surface area contributed by atoms with E-state index < -0.39 is 0 Å². The van der Waals surface area contributed by atoms with Crippen molar-refractivity contribution in [2.45, 2.75) is 18.9 Å². The Bertz CT molecular complexity index is 729. The number of carbonyl (C=O) groups is 1. The minimum absolute atomic E-state index is 0.0350. The standard InChI is InChI=1S/C20H21NO3/c22-20(13-15-6-7-17-8-10-23-18(17)12-15)21-9-11-24-19(14-21)16-4-2-1-3-5-16/h1-7,12,19H,8-11,13-14H2/t19-/m1/s1. The largest absolute Gasteiger partial charge is 0.493 e. The van der Waals surface area contributed by atoms with E-state index in [4.69, 9.17) is 9.47 Å². The van der Waals surface area contributed by atoms with Crippen LogP contribution < -0.4 is 4.74 Å². The van der Waals surface area contributed by atoms with E-state index in [1.807, 2.05) is 35.2 Å². The summed E-state index contributed by atoms with van der Waals surface area (Å²) in [5.74, 6) is 1.08. The van der Waals surface area contributed by atoms with Crippen molar-refractivity contribution in [2.24, 2.45) is 0 Å². The molecular weight excluding hydrogens is 302 g/mol. The van der Waals surface area contributed by atoms with Crippen molar-refractivity contribution in [3.05, 3.63) is 65.2 Å². The van der Waals surface area contributed by atoms with E-state index in [1.165, 1.54) is 5.56 Å². The predicted molar refractivity (Wildman–Crippen MR) is 91.1 cm³/mol. The van der Waals surface area contributed by atoms with Gasteiger partial charge in [0.25, 0.3) is 0 Å². The summed E-state index contributed by atoms with van der Waals surface area (Å²) in [6.07, 6.45) is 1.34. The lowest BCUT2D eigenvalue weighted by molar-refractivity contribution is -0.138. The van der Waals surface area contributed by atoms with Crippen molar-refractivity contribution in [3.8, 4) is 5.75 Å². The second-order valence-electron chi connectivity index (χ2n) is 6.33. The van der Waals surface area contributed by atoms with Crippen LogP contribution in [0.4, 0.5) is 0 Å². The molecule has 1 saturated heterocycles. The molecule has 2 aliphatic rings. The number of rotatable bonds is 3. The Morgan fingerprint density at radius 2 is 2.00 bits per heavy atom. The first kappa shape index (κ1) is 15.2. The second kappa shape index (κ2) is 6.65. The van der Waals surface area contributed by atoms with Crippen molar-refractivity contribution in [3.63, 3.8) is 0 Å². The number of hydrogen-bond acceptors (Lipinski definition) is 3. The zero-order valence-corrected chi connectivity index (χ0v) is 13.6. The molecule has 0 bridgehead atoms. The first-order valence-electron chi connectivity index (χ1n) is 8.48. The number of ether oxygens (including phenoxy) is 2. The van der Waals surface area contributed by atoms with Crippen LogP contribution in [0.15, 0.2) is 48.5 Å². The van der Waals surface area contributed by atoms with Crippen LogP contribution in [0.5, 0.6) is 5.75 Å². The van der Waals surface area contributed by atoms with Gasteiger partial charge in [-0.1, -0.05) is 42.5 Å². The Kier molecular flexibility index (Phi) is 4.22. The first-order chi connectivity index (χ1) is 11.8. The van der Waals surface area contributed by atoms with Gasteiger partial charge in [-0.3, -0.25) is 4.79 Å². The summed E-state index contributed by atoms with van der Waals surface area (Å²) < 4.78 is 11.4. The summed E-state index contributed by atoms with van der Waals surface area (Å²) in [6.45, 7) is 2.60. The average molecular weight is 323 g/mol. The molecule has 124 valence electrons. The molecule has 2 heterocycles. The average Bonchev–Trinajstić information content (AvgIpc) is 3.10. The molecule has 0 radical (unpaired) electrons. The SMILES string of the molecule is O=C(Cc1ccc2c(c1)OCC2)N1CCO[C@@H](c2ccccc2)C1. The highest BCUT2D eigenvalue weighted by atomic mass is 16.5. The van der Waals surface area contributed by atoms with Gasteiger partial charge in [-0.25, -0.2) is 0 Å². The Hall–Kier alpha value is -2.33. The fraction of sp³-hybridized carbons (Fsp3) is 0.350. The molecular formula is C20H21NO3. The van der Waals surface area contributed by atoms with Crippen molar-refractivity contribution in [2.75, 3.05) is 26.3 Å². The molecule has 24 heavy (non-hydrogen) atoms. The number of carbonyl (C=O) groups excluding carboxylic acids is 1. The third-order valence-electron chi connectivity index (χ3n) is 4.71. The Morgan fingerprint density at radius 3 is 2.88 bits per heavy atom. The number of morpholine rings is 1. The van der Waals surface area contributed by atoms with Crippen LogP contribution in [0.25, 0.3) is 0 Å². The maximum atomic E-state index is 12.7. The van der Waals surface area contributed by atoms with E-state index in [9.17, 15) is 4.79 Å². The van der Waals surface area contributed by atoms with Gasteiger partial charge < -0.3 is 14.4 Å². The molecule has 0 unspecified atom stereocenters. The monoisotopic (exact) mass is 323 g/mol. The summed E-state index contributed by atoms with van der Waals surface area (Å²) in [5.41, 5.74) is 3.38. The molecule has 2 aromatic rings. The highest BCUT2D eigenvalue weighted by Gasteiger charge is 2.25. The second-order valence-corrected chi connectivity index (χ2v) is 6.33. The summed E-state index contributed by atoms with van der Waals surface area (Å²) in [7, 11) is 0. The molecule has 2 aliphatic heterocycles. The lowest BCUT2D eigenvalue weighted by Gasteiger charge is -2.33. The fourth-order valence-corrected chi connectivity index (χ4v) is 3.35. The van der Waals surface area contributed by atoms with Gasteiger partial charge in [0.05, 0.1) is 26.2 Å². The fourth-order valence-electron chi connectivity index (χ4n) is 3.35. The van der Waals surface area contributed by atoms with Crippen molar-refractivity contribution in [1.29, 1.82) is 0 Å². The van der Waals surface area contributed by atoms with Gasteiger partial charge in [0.15, 0.2) is 0 Å². The van der Waals surface area contributed by atoms with Crippen LogP contribution in [0.1, 0.15) is 22.8 Å². The van der Waals surface area contributed by atoms with Gasteiger partial charge in [-0.05, 0) is 22.8 Å². The van der Waals surface area contributed by atoms with Crippen molar-refractivity contribution in [1.82, 2.24) is 4.90 Å². The molecule has 4 rings (SSSR count). The Balaban J connectivity index is 1.42. The van der Waals surface area contributed by atoms with Crippen LogP contribution in [0, 0.1) is 0 Å². The smallest absolute Gasteiger partial charge is 0.227 e. The van der Waals surface area contributed by atoms with Crippen LogP contribution in [0.3, 0.4) is 0 Å². The highest BCUT2D eigenvalue weighted by Crippen LogP contribution is 2.27. The third kappa shape index (κ3) is 3.15. The number of fused-ring (bicyclic) bond motifs is 1. The summed E-state index contributed by atoms with van der Waals surface area (Å²) >= 11 is 0. The molecule has 1 amide bonds. The first-order valence-corrected chi connectivity index (χ1v) is 8.48. The zero-order valence-electron chi connectivity index (χ0n) is 13.6. The Labute approximate surface area is 142 Å². The Morgan fingerprint density at radius 1 is 1.12 bits per heavy atom. The molecule has 1 atom stereocenters. The topological polar surface area (TPSA) is 38.8 Å². The van der Waals surface area contributed by atoms with Gasteiger partial charge in [0.2, 0.25) is 5.91 Å². The summed E-state index contributed by atoms with van der Waals surface area (Å²) in [4.78, 5) is 14.6. The van der Waals surface area contributed by atoms with Crippen LogP contribution in [0.2, 0.25) is 0 Å². The normalized spacial score (nSPS) is 19.7. The maximum Gasteiger partial charge on any atom is 0.227 e. The number of amides is 1. The zero-order chi connectivity index (χ0) is 16.4. The highest BCUT2D eigenvalue weighted by molar-refractivity contribution is 5.79. The lowest BCUT2D eigenvalue weighted by atomic mass is 10.1. The summed E-state index contributed by atoms with van der Waals surface area (Å²) in [5, 5.41) is 0. The van der Waals surface area contributed by atoms with Crippen molar-refractivity contribution >= 4 is 5.91 Å². The van der Waals surface area contributed by atoms with Gasteiger partial charge >= 0.3 is 0 Å². The van der Waals surface area contributed by atoms with E-state index in [2.05, 4.69) is 18.2 Å².